The van der Waals surface area contributed by atoms with Gasteiger partial charge < -0.3 is 38.6 Å². The summed E-state index contributed by atoms with van der Waals surface area (Å²) in [6, 6.07) is 30.4. The van der Waals surface area contributed by atoms with E-state index in [1.165, 1.54) is 4.90 Å². The Bertz CT molecular complexity index is 1640. The lowest BCUT2D eigenvalue weighted by atomic mass is 9.84. The first-order valence-corrected chi connectivity index (χ1v) is 16.6. The number of nitrogens with zero attached hydrogens (tertiary/aromatic N) is 2. The molecule has 4 aromatic rings. The van der Waals surface area contributed by atoms with E-state index in [4.69, 9.17) is 35.3 Å². The van der Waals surface area contributed by atoms with Crippen LogP contribution in [-0.2, 0) is 27.4 Å². The first-order valence-electron chi connectivity index (χ1n) is 16.2. The van der Waals surface area contributed by atoms with Gasteiger partial charge in [0.05, 0.1) is 44.1 Å². The van der Waals surface area contributed by atoms with Crippen LogP contribution in [0.15, 0.2) is 97.1 Å². The second-order valence-corrected chi connectivity index (χ2v) is 12.4. The fourth-order valence-corrected chi connectivity index (χ4v) is 6.39. The second kappa shape index (κ2) is 16.2. The quantitative estimate of drug-likeness (QED) is 0.160. The Morgan fingerprint density at radius 2 is 1.75 bits per heavy atom. The number of methoxy groups -OCH3 is 1. The smallest absolute Gasteiger partial charge is 0.410 e. The summed E-state index contributed by atoms with van der Waals surface area (Å²) in [7, 11) is 1.71. The Labute approximate surface area is 286 Å². The van der Waals surface area contributed by atoms with Crippen LogP contribution in [0.4, 0.5) is 10.5 Å². The van der Waals surface area contributed by atoms with Crippen LogP contribution in [0.2, 0.25) is 5.02 Å². The number of benzene rings is 4. The van der Waals surface area contributed by atoms with Crippen LogP contribution >= 0.6 is 11.6 Å². The van der Waals surface area contributed by atoms with E-state index in [1.54, 1.807) is 19.2 Å². The molecular formula is C38H41ClN2O7. The first kappa shape index (κ1) is 33.6. The van der Waals surface area contributed by atoms with E-state index in [9.17, 15) is 9.90 Å². The number of carbonyl (C=O) groups excluding carboxylic acids is 1. The molecular weight excluding hydrogens is 632 g/mol. The van der Waals surface area contributed by atoms with Crippen LogP contribution in [0.3, 0.4) is 0 Å². The van der Waals surface area contributed by atoms with E-state index >= 15 is 0 Å². The van der Waals surface area contributed by atoms with Crippen LogP contribution in [0, 0.1) is 0 Å². The van der Waals surface area contributed by atoms with Crippen molar-refractivity contribution in [2.24, 2.45) is 0 Å². The maximum atomic E-state index is 13.2. The molecule has 1 saturated heterocycles. The molecule has 4 aromatic carbocycles. The minimum atomic E-state index is -0.888. The van der Waals surface area contributed by atoms with Gasteiger partial charge >= 0.3 is 6.09 Å². The van der Waals surface area contributed by atoms with Gasteiger partial charge in [-0.25, -0.2) is 4.79 Å². The molecule has 6 rings (SSSR count). The molecule has 0 aromatic heterocycles. The molecule has 0 radical (unpaired) electrons. The van der Waals surface area contributed by atoms with Gasteiger partial charge in [0, 0.05) is 31.2 Å². The highest BCUT2D eigenvalue weighted by Crippen LogP contribution is 2.36. The summed E-state index contributed by atoms with van der Waals surface area (Å²) in [6.07, 6.45) is -0.978. The topological polar surface area (TPSA) is 89.9 Å². The zero-order valence-electron chi connectivity index (χ0n) is 27.0. The highest BCUT2D eigenvalue weighted by atomic mass is 35.5. The lowest BCUT2D eigenvalue weighted by Gasteiger charge is -2.41. The number of carbonyl (C=O) groups is 1. The van der Waals surface area contributed by atoms with Crippen molar-refractivity contribution in [1.29, 1.82) is 0 Å². The van der Waals surface area contributed by atoms with Crippen molar-refractivity contribution in [1.82, 2.24) is 4.90 Å². The van der Waals surface area contributed by atoms with Crippen LogP contribution < -0.4 is 14.4 Å². The number of β-amino-alcohol motifs (C(OH)–C–C–N with tert-alkyl or cyclic N) is 1. The number of hydrogen-bond acceptors (Lipinski definition) is 8. The van der Waals surface area contributed by atoms with Crippen molar-refractivity contribution in [2.45, 2.75) is 37.8 Å². The summed E-state index contributed by atoms with van der Waals surface area (Å²) in [5, 5.41) is 12.1. The van der Waals surface area contributed by atoms with Crippen molar-refractivity contribution in [3.63, 3.8) is 0 Å². The summed E-state index contributed by atoms with van der Waals surface area (Å²) >= 11 is 6.12. The van der Waals surface area contributed by atoms with Crippen molar-refractivity contribution < 1.29 is 33.6 Å². The largest absolute Gasteiger partial charge is 0.490 e. The summed E-state index contributed by atoms with van der Waals surface area (Å²) in [6.45, 7) is 3.80. The van der Waals surface area contributed by atoms with Gasteiger partial charge in [-0.1, -0.05) is 66.2 Å². The van der Waals surface area contributed by atoms with Crippen molar-refractivity contribution >= 4 is 23.4 Å². The number of likely N-dealkylation sites (tertiary alicyclic amines) is 1. The average Bonchev–Trinajstić information content (AvgIpc) is 3.10. The van der Waals surface area contributed by atoms with Crippen molar-refractivity contribution in [2.75, 3.05) is 51.4 Å². The Kier molecular flexibility index (Phi) is 11.4. The Morgan fingerprint density at radius 1 is 0.917 bits per heavy atom. The molecule has 0 bridgehead atoms. The van der Waals surface area contributed by atoms with Gasteiger partial charge in [-0.2, -0.15) is 0 Å². The molecule has 48 heavy (non-hydrogen) atoms. The lowest BCUT2D eigenvalue weighted by molar-refractivity contribution is -0.0692. The van der Waals surface area contributed by atoms with Gasteiger partial charge in [0.15, 0.2) is 0 Å². The zero-order chi connectivity index (χ0) is 33.3. The molecule has 2 heterocycles. The van der Waals surface area contributed by atoms with E-state index in [1.807, 2.05) is 78.9 Å². The maximum Gasteiger partial charge on any atom is 0.410 e. The van der Waals surface area contributed by atoms with Gasteiger partial charge in [-0.05, 0) is 65.6 Å². The first-order chi connectivity index (χ1) is 23.5. The minimum Gasteiger partial charge on any atom is -0.490 e. The Hall–Kier alpha value is -4.28. The highest BCUT2D eigenvalue weighted by molar-refractivity contribution is 6.30. The molecule has 0 saturated carbocycles. The number of aliphatic hydroxyl groups excluding tert-OH is 1. The van der Waals surface area contributed by atoms with Crippen molar-refractivity contribution in [3.8, 4) is 17.2 Å². The van der Waals surface area contributed by atoms with E-state index in [0.29, 0.717) is 29.7 Å². The standard InChI is InChI=1S/C38H41ClN2O7/c1-44-19-6-17-40-18-20-45-35-16-11-28(21-33(35)40)26-46-36-24-41(38(43)47-25-27-7-3-2-4-8-27)23-34(42)37(36)29-12-14-31(15-13-29)48-32-10-5-9-30(39)22-32/h2-5,7-16,21-22,34,36-37,42H,6,17-20,23-26H2,1H3. The summed E-state index contributed by atoms with van der Waals surface area (Å²) in [5.41, 5.74) is 3.77. The predicted molar refractivity (Wildman–Crippen MR) is 184 cm³/mol. The van der Waals surface area contributed by atoms with Gasteiger partial charge in [0.2, 0.25) is 0 Å². The number of ether oxygens (including phenoxy) is 5. The molecule has 1 amide bonds. The molecule has 2 aliphatic rings. The van der Waals surface area contributed by atoms with E-state index in [2.05, 4.69) is 11.0 Å². The molecule has 3 atom stereocenters. The fraction of sp³-hybridized carbons (Fsp3) is 0.342. The number of halogens is 1. The molecule has 0 spiro atoms. The van der Waals surface area contributed by atoms with Crippen molar-refractivity contribution in [3.05, 3.63) is 119 Å². The SMILES string of the molecule is COCCCN1CCOc2ccc(COC3CN(C(=O)OCc4ccccc4)CC(O)C3c3ccc(Oc4cccc(Cl)c4)cc3)cc21. The van der Waals surface area contributed by atoms with E-state index in [-0.39, 0.29) is 26.3 Å². The predicted octanol–water partition coefficient (Wildman–Crippen LogP) is 7.05. The van der Waals surface area contributed by atoms with Gasteiger partial charge in [0.1, 0.15) is 30.5 Å². The zero-order valence-corrected chi connectivity index (χ0v) is 27.8. The van der Waals surface area contributed by atoms with Gasteiger partial charge in [-0.3, -0.25) is 0 Å². The normalized spacial score (nSPS) is 18.9. The third-order valence-corrected chi connectivity index (χ3v) is 8.84. The van der Waals surface area contributed by atoms with Gasteiger partial charge in [0.25, 0.3) is 0 Å². The second-order valence-electron chi connectivity index (χ2n) is 12.0. The van der Waals surface area contributed by atoms with Crippen LogP contribution in [0.1, 0.15) is 29.0 Å². The highest BCUT2D eigenvalue weighted by Gasteiger charge is 2.40. The maximum absolute atomic E-state index is 13.2. The van der Waals surface area contributed by atoms with Gasteiger partial charge in [-0.15, -0.1) is 0 Å². The fourth-order valence-electron chi connectivity index (χ4n) is 6.21. The minimum absolute atomic E-state index is 0.117. The lowest BCUT2D eigenvalue weighted by Crippen LogP contribution is -2.53. The number of piperidine rings is 1. The van der Waals surface area contributed by atoms with E-state index in [0.717, 1.165) is 47.6 Å². The molecule has 1 N–H and O–H groups in total. The Morgan fingerprint density at radius 3 is 2.54 bits per heavy atom. The number of anilines is 1. The Balaban J connectivity index is 1.19. The number of aliphatic hydroxyl groups is 1. The van der Waals surface area contributed by atoms with Crippen LogP contribution in [-0.4, -0.2) is 74.8 Å². The average molecular weight is 673 g/mol. The molecule has 252 valence electrons. The third-order valence-electron chi connectivity index (χ3n) is 8.61. The molecule has 0 aliphatic carbocycles. The number of amides is 1. The molecule has 1 fully saturated rings. The molecule has 10 heteroatoms. The van der Waals surface area contributed by atoms with Crippen LogP contribution in [0.5, 0.6) is 17.2 Å². The number of fused-ring (bicyclic) bond motifs is 1. The number of rotatable bonds is 12. The monoisotopic (exact) mass is 672 g/mol. The van der Waals surface area contributed by atoms with E-state index < -0.39 is 24.2 Å². The molecule has 2 aliphatic heterocycles. The molecule has 9 nitrogen and oxygen atoms in total. The summed E-state index contributed by atoms with van der Waals surface area (Å²) in [5.74, 6) is 1.73. The van der Waals surface area contributed by atoms with Crippen LogP contribution in [0.25, 0.3) is 0 Å². The third kappa shape index (κ3) is 8.59. The molecule has 3 unspecified atom stereocenters. The summed E-state index contributed by atoms with van der Waals surface area (Å²) in [4.78, 5) is 17.1. The number of hydrogen-bond donors (Lipinski definition) is 1. The summed E-state index contributed by atoms with van der Waals surface area (Å²) < 4.78 is 29.4.